The molecule has 0 saturated carbocycles. The second-order valence-electron chi connectivity index (χ2n) is 6.54. The summed E-state index contributed by atoms with van der Waals surface area (Å²) in [7, 11) is 0. The molecule has 0 saturated heterocycles. The third-order valence-corrected chi connectivity index (χ3v) is 5.73. The Balaban J connectivity index is 2.01. The van der Waals surface area contributed by atoms with Crippen LogP contribution in [-0.2, 0) is 15.2 Å². The van der Waals surface area contributed by atoms with Gasteiger partial charge in [-0.25, -0.2) is 4.98 Å². The summed E-state index contributed by atoms with van der Waals surface area (Å²) in [5, 5.41) is 12.2. The van der Waals surface area contributed by atoms with Crippen LogP contribution < -0.4 is 5.32 Å². The molecule has 2 rings (SSSR count). The number of nitrogens with zero attached hydrogens (tertiary/aromatic N) is 2. The monoisotopic (exact) mass is 431 g/mol. The number of amides is 2. The Labute approximate surface area is 170 Å². The molecule has 0 bridgehead atoms. The van der Waals surface area contributed by atoms with Crippen LogP contribution in [0, 0.1) is 0 Å². The van der Waals surface area contributed by atoms with Gasteiger partial charge in [-0.1, -0.05) is 12.1 Å². The molecule has 2 aromatic rings. The zero-order chi connectivity index (χ0) is 21.7. The fourth-order valence-electron chi connectivity index (χ4n) is 2.84. The summed E-state index contributed by atoms with van der Waals surface area (Å²) in [4.78, 5) is 29.5. The molecule has 0 aliphatic carbocycles. The molecule has 0 spiro atoms. The van der Waals surface area contributed by atoms with Crippen molar-refractivity contribution >= 4 is 33.4 Å². The first kappa shape index (κ1) is 23.1. The maximum absolute atomic E-state index is 13.6. The highest BCUT2D eigenvalue weighted by atomic mass is 32.1. The fraction of sp³-hybridized carbons (Fsp3) is 0.526. The zero-order valence-corrected chi connectivity index (χ0v) is 17.1. The van der Waals surface area contributed by atoms with Crippen molar-refractivity contribution in [3.05, 3.63) is 29.3 Å². The number of aliphatic hydroxyl groups is 1. The van der Waals surface area contributed by atoms with Crippen molar-refractivity contribution in [3.8, 4) is 0 Å². The van der Waals surface area contributed by atoms with Gasteiger partial charge in [-0.3, -0.25) is 9.59 Å². The van der Waals surface area contributed by atoms with E-state index in [4.69, 9.17) is 0 Å². The van der Waals surface area contributed by atoms with Gasteiger partial charge in [-0.15, -0.1) is 11.3 Å². The second-order valence-corrected chi connectivity index (χ2v) is 7.57. The van der Waals surface area contributed by atoms with Crippen LogP contribution in [0.4, 0.5) is 13.2 Å². The minimum Gasteiger partial charge on any atom is -0.374 e. The SMILES string of the molecule is CCN(CC)C(=O)CCCNC(=O)CC(O)(c1nc2ccccc2s1)C(F)(F)F. The van der Waals surface area contributed by atoms with Gasteiger partial charge in [-0.2, -0.15) is 13.2 Å². The summed E-state index contributed by atoms with van der Waals surface area (Å²) >= 11 is 0.702. The van der Waals surface area contributed by atoms with E-state index in [0.29, 0.717) is 41.1 Å². The quantitative estimate of drug-likeness (QED) is 0.598. The van der Waals surface area contributed by atoms with Crippen molar-refractivity contribution in [2.45, 2.75) is 44.9 Å². The molecule has 1 heterocycles. The average molecular weight is 431 g/mol. The summed E-state index contributed by atoms with van der Waals surface area (Å²) in [6.45, 7) is 4.89. The standard InChI is InChI=1S/C19H24F3N3O3S/c1-3-25(4-2)16(27)10-7-11-23-15(26)12-18(28,19(20,21)22)17-24-13-8-5-6-9-14(13)29-17/h5-6,8-9,28H,3-4,7,10-12H2,1-2H3,(H,23,26). The minimum atomic E-state index is -5.07. The number of halogens is 3. The van der Waals surface area contributed by atoms with Crippen LogP contribution in [0.5, 0.6) is 0 Å². The Bertz CT molecular complexity index is 819. The van der Waals surface area contributed by atoms with E-state index in [9.17, 15) is 27.9 Å². The zero-order valence-electron chi connectivity index (χ0n) is 16.3. The molecular weight excluding hydrogens is 407 g/mol. The lowest BCUT2D eigenvalue weighted by atomic mass is 9.99. The van der Waals surface area contributed by atoms with Crippen molar-refractivity contribution in [1.29, 1.82) is 0 Å². The number of para-hydroxylation sites is 1. The molecule has 10 heteroatoms. The smallest absolute Gasteiger partial charge is 0.374 e. The Morgan fingerprint density at radius 2 is 1.86 bits per heavy atom. The van der Waals surface area contributed by atoms with Gasteiger partial charge >= 0.3 is 6.18 Å². The fourth-order valence-corrected chi connectivity index (χ4v) is 3.92. The number of hydrogen-bond donors (Lipinski definition) is 2. The average Bonchev–Trinajstić information content (AvgIpc) is 3.10. The molecule has 0 aliphatic rings. The minimum absolute atomic E-state index is 0.0413. The number of rotatable bonds is 9. The van der Waals surface area contributed by atoms with Crippen LogP contribution in [0.2, 0.25) is 0 Å². The van der Waals surface area contributed by atoms with Gasteiger partial charge in [0.2, 0.25) is 17.4 Å². The van der Waals surface area contributed by atoms with Crippen LogP contribution in [-0.4, -0.2) is 52.6 Å². The van der Waals surface area contributed by atoms with Crippen molar-refractivity contribution in [2.75, 3.05) is 19.6 Å². The molecule has 0 fully saturated rings. The van der Waals surface area contributed by atoms with Gasteiger partial charge < -0.3 is 15.3 Å². The highest BCUT2D eigenvalue weighted by Crippen LogP contribution is 2.44. The molecular formula is C19H24F3N3O3S. The van der Waals surface area contributed by atoms with Crippen LogP contribution >= 0.6 is 11.3 Å². The number of fused-ring (bicyclic) bond motifs is 1. The van der Waals surface area contributed by atoms with Gasteiger partial charge in [0.05, 0.1) is 16.6 Å². The van der Waals surface area contributed by atoms with E-state index in [1.165, 1.54) is 0 Å². The number of hydrogen-bond acceptors (Lipinski definition) is 5. The van der Waals surface area contributed by atoms with E-state index < -0.39 is 29.1 Å². The number of carbonyl (C=O) groups is 2. The van der Waals surface area contributed by atoms with Crippen molar-refractivity contribution in [2.24, 2.45) is 0 Å². The van der Waals surface area contributed by atoms with Crippen molar-refractivity contribution < 1.29 is 27.9 Å². The van der Waals surface area contributed by atoms with Crippen LogP contribution in [0.1, 0.15) is 38.1 Å². The normalized spacial score (nSPS) is 13.9. The van der Waals surface area contributed by atoms with Gasteiger partial charge in [0.25, 0.3) is 0 Å². The molecule has 29 heavy (non-hydrogen) atoms. The molecule has 1 unspecified atom stereocenters. The van der Waals surface area contributed by atoms with Crippen molar-refractivity contribution in [1.82, 2.24) is 15.2 Å². The number of thiazole rings is 1. The van der Waals surface area contributed by atoms with Crippen LogP contribution in [0.25, 0.3) is 10.2 Å². The molecule has 2 N–H and O–H groups in total. The third kappa shape index (κ3) is 5.45. The summed E-state index contributed by atoms with van der Waals surface area (Å²) in [6.07, 6.45) is -5.78. The maximum Gasteiger partial charge on any atom is 0.424 e. The first-order valence-electron chi connectivity index (χ1n) is 9.32. The molecule has 0 aliphatic heterocycles. The van der Waals surface area contributed by atoms with E-state index in [1.807, 2.05) is 13.8 Å². The maximum atomic E-state index is 13.6. The lowest BCUT2D eigenvalue weighted by Gasteiger charge is -2.27. The van der Waals surface area contributed by atoms with E-state index in [-0.39, 0.29) is 18.9 Å². The molecule has 1 aromatic carbocycles. The van der Waals surface area contributed by atoms with E-state index >= 15 is 0 Å². The number of aromatic nitrogens is 1. The van der Waals surface area contributed by atoms with Crippen molar-refractivity contribution in [3.63, 3.8) is 0 Å². The summed E-state index contributed by atoms with van der Waals surface area (Å²) in [5.74, 6) is -1.04. The third-order valence-electron chi connectivity index (χ3n) is 4.54. The molecule has 0 radical (unpaired) electrons. The highest BCUT2D eigenvalue weighted by molar-refractivity contribution is 7.18. The lowest BCUT2D eigenvalue weighted by molar-refractivity contribution is -0.267. The highest BCUT2D eigenvalue weighted by Gasteiger charge is 2.58. The van der Waals surface area contributed by atoms with Crippen LogP contribution in [0.15, 0.2) is 24.3 Å². The molecule has 160 valence electrons. The Morgan fingerprint density at radius 3 is 2.45 bits per heavy atom. The van der Waals surface area contributed by atoms with Gasteiger partial charge in [0.15, 0.2) is 0 Å². The summed E-state index contributed by atoms with van der Waals surface area (Å²) in [5.41, 5.74) is -3.05. The Hall–Kier alpha value is -2.20. The topological polar surface area (TPSA) is 82.5 Å². The van der Waals surface area contributed by atoms with Gasteiger partial charge in [0, 0.05) is 26.1 Å². The predicted molar refractivity (Wildman–Crippen MR) is 104 cm³/mol. The van der Waals surface area contributed by atoms with E-state index in [1.54, 1.807) is 29.2 Å². The summed E-state index contributed by atoms with van der Waals surface area (Å²) < 4.78 is 41.4. The van der Waals surface area contributed by atoms with E-state index in [0.717, 1.165) is 0 Å². The first-order valence-corrected chi connectivity index (χ1v) is 10.1. The van der Waals surface area contributed by atoms with E-state index in [2.05, 4.69) is 10.3 Å². The van der Waals surface area contributed by atoms with Gasteiger partial charge in [0.1, 0.15) is 5.01 Å². The largest absolute Gasteiger partial charge is 0.424 e. The predicted octanol–water partition coefficient (Wildman–Crippen LogP) is 3.20. The Morgan fingerprint density at radius 1 is 1.21 bits per heavy atom. The number of alkyl halides is 3. The molecule has 2 amide bonds. The van der Waals surface area contributed by atoms with Crippen LogP contribution in [0.3, 0.4) is 0 Å². The Kier molecular flexibility index (Phi) is 7.59. The first-order chi connectivity index (χ1) is 13.6. The molecule has 6 nitrogen and oxygen atoms in total. The summed E-state index contributed by atoms with van der Waals surface area (Å²) in [6, 6.07) is 6.42. The number of carbonyl (C=O) groups excluding carboxylic acids is 2. The molecule has 1 atom stereocenters. The molecule has 1 aromatic heterocycles. The lowest BCUT2D eigenvalue weighted by Crippen LogP contribution is -2.46. The number of nitrogens with one attached hydrogen (secondary N) is 1. The van der Waals surface area contributed by atoms with Gasteiger partial charge in [-0.05, 0) is 32.4 Å². The number of benzene rings is 1. The second kappa shape index (κ2) is 9.53.